The lowest BCUT2D eigenvalue weighted by molar-refractivity contribution is -0.140. The topological polar surface area (TPSA) is 104 Å². The van der Waals surface area contributed by atoms with Gasteiger partial charge in [0.1, 0.15) is 17.7 Å². The van der Waals surface area contributed by atoms with Crippen LogP contribution in [0.3, 0.4) is 0 Å². The molecular formula is C27H27F3N8O2. The Balaban J connectivity index is 1.32. The molecule has 1 aliphatic heterocycles. The highest BCUT2D eigenvalue weighted by molar-refractivity contribution is 5.94. The fourth-order valence-electron chi connectivity index (χ4n) is 4.99. The predicted octanol–water partition coefficient (Wildman–Crippen LogP) is 4.71. The van der Waals surface area contributed by atoms with E-state index >= 15 is 0 Å². The molecule has 0 radical (unpaired) electrons. The quantitative estimate of drug-likeness (QED) is 0.327. The van der Waals surface area contributed by atoms with E-state index in [1.165, 1.54) is 18.0 Å². The summed E-state index contributed by atoms with van der Waals surface area (Å²) < 4.78 is 48.4. The largest absolute Gasteiger partial charge is 0.480 e. The van der Waals surface area contributed by atoms with Crippen molar-refractivity contribution in [2.75, 3.05) is 12.0 Å². The van der Waals surface area contributed by atoms with E-state index in [0.29, 0.717) is 47.8 Å². The van der Waals surface area contributed by atoms with Gasteiger partial charge in [0.25, 0.3) is 0 Å². The Morgan fingerprint density at radius 1 is 1.10 bits per heavy atom. The summed E-state index contributed by atoms with van der Waals surface area (Å²) in [6.45, 7) is 4.55. The number of alkyl halides is 3. The van der Waals surface area contributed by atoms with Gasteiger partial charge in [0.2, 0.25) is 17.7 Å². The maximum absolute atomic E-state index is 13.3. The molecule has 3 aromatic heterocycles. The van der Waals surface area contributed by atoms with Crippen molar-refractivity contribution >= 4 is 11.9 Å². The highest BCUT2D eigenvalue weighted by atomic mass is 19.4. The minimum atomic E-state index is -4.52. The van der Waals surface area contributed by atoms with E-state index < -0.39 is 11.9 Å². The zero-order valence-corrected chi connectivity index (χ0v) is 22.2. The van der Waals surface area contributed by atoms with E-state index in [1.807, 2.05) is 6.92 Å². The van der Waals surface area contributed by atoms with Crippen molar-refractivity contribution in [3.05, 3.63) is 53.7 Å². The molecule has 2 aliphatic rings. The summed E-state index contributed by atoms with van der Waals surface area (Å²) in [6.07, 6.45) is 0.0145. The molecule has 4 heterocycles. The second-order valence-electron chi connectivity index (χ2n) is 10.1. The number of carbonyl (C=O) groups excluding carboxylic acids is 1. The van der Waals surface area contributed by atoms with E-state index in [1.54, 1.807) is 40.8 Å². The van der Waals surface area contributed by atoms with Crippen molar-refractivity contribution in [2.45, 2.75) is 58.4 Å². The van der Waals surface area contributed by atoms with E-state index in [9.17, 15) is 18.0 Å². The van der Waals surface area contributed by atoms with Crippen LogP contribution in [0.15, 0.2) is 36.8 Å². The summed E-state index contributed by atoms with van der Waals surface area (Å²) in [7, 11) is 1.54. The van der Waals surface area contributed by atoms with Gasteiger partial charge < -0.3 is 9.30 Å². The first kappa shape index (κ1) is 26.0. The third-order valence-electron chi connectivity index (χ3n) is 7.21. The number of aryl methyl sites for hydroxylation is 1. The van der Waals surface area contributed by atoms with Crippen LogP contribution in [0.5, 0.6) is 5.88 Å². The van der Waals surface area contributed by atoms with Gasteiger partial charge in [0.15, 0.2) is 11.5 Å². The van der Waals surface area contributed by atoms with Crippen LogP contribution in [0, 0.1) is 5.92 Å². The zero-order chi connectivity index (χ0) is 28.2. The molecular weight excluding hydrogens is 525 g/mol. The molecule has 6 rings (SSSR count). The fraction of sp³-hybridized carbons (Fsp3) is 0.407. The number of hydrogen-bond acceptors (Lipinski definition) is 7. The Morgan fingerprint density at radius 2 is 1.85 bits per heavy atom. The van der Waals surface area contributed by atoms with E-state index in [4.69, 9.17) is 14.8 Å². The molecule has 0 saturated heterocycles. The van der Waals surface area contributed by atoms with Gasteiger partial charge in [0, 0.05) is 24.2 Å². The molecule has 0 unspecified atom stereocenters. The van der Waals surface area contributed by atoms with Gasteiger partial charge in [-0.05, 0) is 25.3 Å². The molecule has 0 spiro atoms. The second-order valence-corrected chi connectivity index (χ2v) is 10.1. The van der Waals surface area contributed by atoms with Crippen LogP contribution in [0.1, 0.15) is 49.6 Å². The van der Waals surface area contributed by atoms with Crippen molar-refractivity contribution in [2.24, 2.45) is 5.92 Å². The average Bonchev–Trinajstić information content (AvgIpc) is 3.55. The number of halogens is 3. The van der Waals surface area contributed by atoms with E-state index in [2.05, 4.69) is 15.0 Å². The first-order chi connectivity index (χ1) is 19.2. The summed E-state index contributed by atoms with van der Waals surface area (Å²) in [6, 6.07) is 6.99. The molecule has 1 atom stereocenters. The minimum absolute atomic E-state index is 0.0921. The van der Waals surface area contributed by atoms with Gasteiger partial charge in [0.05, 0.1) is 31.8 Å². The number of fused-ring (bicyclic) bond motifs is 1. The van der Waals surface area contributed by atoms with Gasteiger partial charge in [-0.25, -0.2) is 19.6 Å². The summed E-state index contributed by atoms with van der Waals surface area (Å²) in [5.74, 6) is 1.33. The van der Waals surface area contributed by atoms with Crippen molar-refractivity contribution in [1.82, 2.24) is 34.3 Å². The molecule has 4 aromatic rings. The van der Waals surface area contributed by atoms with E-state index in [-0.39, 0.29) is 24.2 Å². The standard InChI is InChI=1S/C27H27F3N8O2/c1-4-36-13-19(27(28,29)30)33-23(36)18-7-5-16(6-8-18)12-37-25(39)15(2)11-38-26(37)34-22(35-38)20-21(17-9-10-17)31-14-32-24(20)40-3/h5-8,13-15,17H,4,9-12H2,1-3H3/t15-/m1/s1. The Morgan fingerprint density at radius 3 is 2.50 bits per heavy atom. The van der Waals surface area contributed by atoms with Crippen molar-refractivity contribution in [1.29, 1.82) is 0 Å². The Hall–Kier alpha value is -4.29. The van der Waals surface area contributed by atoms with Gasteiger partial charge in [-0.2, -0.15) is 18.2 Å². The molecule has 13 heteroatoms. The van der Waals surface area contributed by atoms with Crippen LogP contribution in [0.2, 0.25) is 0 Å². The second kappa shape index (κ2) is 9.72. The van der Waals surface area contributed by atoms with Crippen LogP contribution >= 0.6 is 0 Å². The normalized spacial score (nSPS) is 17.3. The van der Waals surface area contributed by atoms with Crippen LogP contribution in [0.25, 0.3) is 22.8 Å². The van der Waals surface area contributed by atoms with Crippen molar-refractivity contribution < 1.29 is 22.7 Å². The van der Waals surface area contributed by atoms with Gasteiger partial charge >= 0.3 is 6.18 Å². The number of hydrogen-bond donors (Lipinski definition) is 0. The molecule has 0 bridgehead atoms. The molecule has 1 aliphatic carbocycles. The third kappa shape index (κ3) is 4.58. The molecule has 0 N–H and O–H groups in total. The number of nitrogens with zero attached hydrogens (tertiary/aromatic N) is 8. The number of aromatic nitrogens is 7. The first-order valence-electron chi connectivity index (χ1n) is 13.1. The number of amides is 1. The molecule has 10 nitrogen and oxygen atoms in total. The SMILES string of the molecule is CCn1cc(C(F)(F)F)nc1-c1ccc(CN2C(=O)[C@H](C)Cn3nc(-c4c(OC)ncnc4C4CC4)nc32)cc1. The summed E-state index contributed by atoms with van der Waals surface area (Å²) >= 11 is 0. The molecule has 1 fully saturated rings. The summed E-state index contributed by atoms with van der Waals surface area (Å²) in [5.41, 5.74) is 1.89. The molecule has 208 valence electrons. The monoisotopic (exact) mass is 552 g/mol. The van der Waals surface area contributed by atoms with Crippen LogP contribution < -0.4 is 9.64 Å². The number of anilines is 1. The number of carbonyl (C=O) groups is 1. The maximum atomic E-state index is 13.3. The lowest BCUT2D eigenvalue weighted by Gasteiger charge is -2.29. The summed E-state index contributed by atoms with van der Waals surface area (Å²) in [5, 5.41) is 4.72. The smallest absolute Gasteiger partial charge is 0.434 e. The predicted molar refractivity (Wildman–Crippen MR) is 138 cm³/mol. The van der Waals surface area contributed by atoms with Gasteiger partial charge in [-0.3, -0.25) is 9.69 Å². The molecule has 1 aromatic carbocycles. The molecule has 1 amide bonds. The molecule has 40 heavy (non-hydrogen) atoms. The maximum Gasteiger partial charge on any atom is 0.434 e. The third-order valence-corrected chi connectivity index (χ3v) is 7.21. The number of imidazole rings is 1. The number of methoxy groups -OCH3 is 1. The van der Waals surface area contributed by atoms with Crippen LogP contribution in [0.4, 0.5) is 19.1 Å². The highest BCUT2D eigenvalue weighted by Gasteiger charge is 2.37. The van der Waals surface area contributed by atoms with Crippen LogP contribution in [-0.4, -0.2) is 47.3 Å². The van der Waals surface area contributed by atoms with E-state index in [0.717, 1.165) is 30.3 Å². The summed E-state index contributed by atoms with van der Waals surface area (Å²) in [4.78, 5) is 32.2. The van der Waals surface area contributed by atoms with Gasteiger partial charge in [-0.15, -0.1) is 5.10 Å². The number of benzene rings is 1. The number of rotatable bonds is 7. The zero-order valence-electron chi connectivity index (χ0n) is 22.2. The first-order valence-corrected chi connectivity index (χ1v) is 13.1. The Labute approximate surface area is 227 Å². The minimum Gasteiger partial charge on any atom is -0.480 e. The lowest BCUT2D eigenvalue weighted by atomic mass is 10.1. The van der Waals surface area contributed by atoms with Crippen molar-refractivity contribution in [3.63, 3.8) is 0 Å². The average molecular weight is 553 g/mol. The molecule has 1 saturated carbocycles. The Kier molecular flexibility index (Phi) is 6.31. The van der Waals surface area contributed by atoms with Crippen molar-refractivity contribution in [3.8, 4) is 28.7 Å². The van der Waals surface area contributed by atoms with Gasteiger partial charge in [-0.1, -0.05) is 31.2 Å². The lowest BCUT2D eigenvalue weighted by Crippen LogP contribution is -2.42. The highest BCUT2D eigenvalue weighted by Crippen LogP contribution is 2.45. The van der Waals surface area contributed by atoms with Crippen LogP contribution in [-0.2, 0) is 30.6 Å². The number of ether oxygens (including phenoxy) is 1. The fourth-order valence-corrected chi connectivity index (χ4v) is 4.99. The Bertz CT molecular complexity index is 1570.